The lowest BCUT2D eigenvalue weighted by molar-refractivity contribution is -0.125. The summed E-state index contributed by atoms with van der Waals surface area (Å²) in [7, 11) is 0. The van der Waals surface area contributed by atoms with Gasteiger partial charge in [0.25, 0.3) is 0 Å². The second-order valence-corrected chi connectivity index (χ2v) is 8.98. The highest BCUT2D eigenvalue weighted by Crippen LogP contribution is 2.62. The molecule has 2 heterocycles. The first-order chi connectivity index (χ1) is 14.0. The van der Waals surface area contributed by atoms with Crippen molar-refractivity contribution in [1.29, 1.82) is 0 Å². The number of rotatable bonds is 2. The first-order valence-corrected chi connectivity index (χ1v) is 10.4. The number of anilines is 1. The number of hydrogen-bond acceptors (Lipinski definition) is 4. The number of hydrogen-bond donors (Lipinski definition) is 0. The van der Waals surface area contributed by atoms with Crippen molar-refractivity contribution >= 4 is 34.8 Å². The van der Waals surface area contributed by atoms with Crippen LogP contribution < -0.4 is 4.90 Å². The normalized spacial score (nSPS) is 34.3. The van der Waals surface area contributed by atoms with E-state index < -0.39 is 0 Å². The number of aryl methyl sites for hydroxylation is 1. The molecule has 0 unspecified atom stereocenters. The van der Waals surface area contributed by atoms with Gasteiger partial charge in [0.05, 0.1) is 23.2 Å². The maximum atomic E-state index is 13.3. The van der Waals surface area contributed by atoms with Crippen molar-refractivity contribution in [3.63, 3.8) is 0 Å². The zero-order chi connectivity index (χ0) is 19.9. The molecule has 6 atom stereocenters. The molecule has 2 saturated carbocycles. The zero-order valence-electron chi connectivity index (χ0n) is 15.8. The fourth-order valence-electron chi connectivity index (χ4n) is 5.93. The number of oxime groups is 1. The quantitative estimate of drug-likeness (QED) is 0.712. The zero-order valence-corrected chi connectivity index (χ0v) is 16.5. The van der Waals surface area contributed by atoms with Crippen LogP contribution in [-0.2, 0) is 14.4 Å². The number of nitrogens with zero attached hydrogens (tertiary/aromatic N) is 2. The van der Waals surface area contributed by atoms with Gasteiger partial charge in [-0.2, -0.15) is 0 Å². The Morgan fingerprint density at radius 1 is 0.931 bits per heavy atom. The summed E-state index contributed by atoms with van der Waals surface area (Å²) in [6.07, 6.45) is 0.737. The third-order valence-corrected chi connectivity index (χ3v) is 7.37. The van der Waals surface area contributed by atoms with Gasteiger partial charge in [-0.1, -0.05) is 46.6 Å². The molecule has 5 nitrogen and oxygen atoms in total. The van der Waals surface area contributed by atoms with Crippen LogP contribution in [-0.4, -0.2) is 23.6 Å². The average molecular weight is 407 g/mol. The van der Waals surface area contributed by atoms with Crippen LogP contribution in [0.15, 0.2) is 53.7 Å². The van der Waals surface area contributed by atoms with E-state index in [-0.39, 0.29) is 47.5 Å². The van der Waals surface area contributed by atoms with E-state index in [1.54, 1.807) is 24.3 Å². The molecule has 146 valence electrons. The highest BCUT2D eigenvalue weighted by Gasteiger charge is 2.70. The van der Waals surface area contributed by atoms with Crippen LogP contribution in [0.2, 0.25) is 5.02 Å². The molecule has 2 aliphatic carbocycles. The number of imide groups is 1. The van der Waals surface area contributed by atoms with Gasteiger partial charge < -0.3 is 4.84 Å². The minimum atomic E-state index is -0.308. The summed E-state index contributed by atoms with van der Waals surface area (Å²) in [5, 5.41) is 4.97. The van der Waals surface area contributed by atoms with E-state index in [2.05, 4.69) is 36.3 Å². The molecule has 0 N–H and O–H groups in total. The van der Waals surface area contributed by atoms with Crippen LogP contribution in [0.5, 0.6) is 0 Å². The molecule has 1 saturated heterocycles. The minimum absolute atomic E-state index is 0.0375. The summed E-state index contributed by atoms with van der Waals surface area (Å²) in [4.78, 5) is 33.8. The molecule has 2 aliphatic heterocycles. The molecule has 2 aromatic carbocycles. The van der Waals surface area contributed by atoms with Gasteiger partial charge in [0.15, 0.2) is 0 Å². The lowest BCUT2D eigenvalue weighted by atomic mass is 9.71. The van der Waals surface area contributed by atoms with Crippen molar-refractivity contribution in [2.75, 3.05) is 4.90 Å². The Kier molecular flexibility index (Phi) is 3.52. The van der Waals surface area contributed by atoms with Crippen molar-refractivity contribution in [2.45, 2.75) is 19.4 Å². The Morgan fingerprint density at radius 2 is 1.59 bits per heavy atom. The lowest BCUT2D eigenvalue weighted by Gasteiger charge is -2.29. The molecule has 29 heavy (non-hydrogen) atoms. The molecule has 3 fully saturated rings. The van der Waals surface area contributed by atoms with Gasteiger partial charge in [-0.3, -0.25) is 14.5 Å². The predicted molar refractivity (Wildman–Crippen MR) is 109 cm³/mol. The van der Waals surface area contributed by atoms with E-state index in [1.807, 2.05) is 0 Å². The van der Waals surface area contributed by atoms with Crippen LogP contribution in [0.4, 0.5) is 5.69 Å². The minimum Gasteiger partial charge on any atom is -0.391 e. The first-order valence-electron chi connectivity index (χ1n) is 9.99. The smallest absolute Gasteiger partial charge is 0.238 e. The third-order valence-electron chi connectivity index (χ3n) is 7.12. The standard InChI is InChI=1S/C23H19ClN2O3/c1-11-2-4-12(5-3-11)20-19-15-10-16(21(19)29-25-20)18-17(15)22(27)26(23(18)28)14-8-6-13(24)7-9-14/h2-9,15-19,21H,10H2,1H3/t15-,16+,17+,18+,19-,21-/m1/s1. The summed E-state index contributed by atoms with van der Waals surface area (Å²) in [5.41, 5.74) is 3.74. The van der Waals surface area contributed by atoms with Gasteiger partial charge in [0.2, 0.25) is 11.8 Å². The van der Waals surface area contributed by atoms with Crippen LogP contribution >= 0.6 is 11.6 Å². The Hall–Kier alpha value is -2.66. The van der Waals surface area contributed by atoms with Gasteiger partial charge in [-0.15, -0.1) is 0 Å². The van der Waals surface area contributed by atoms with Crippen molar-refractivity contribution < 1.29 is 14.4 Å². The second-order valence-electron chi connectivity index (χ2n) is 8.54. The van der Waals surface area contributed by atoms with E-state index in [0.717, 1.165) is 17.7 Å². The second kappa shape index (κ2) is 5.92. The van der Waals surface area contributed by atoms with Crippen molar-refractivity contribution in [3.05, 3.63) is 64.7 Å². The molecule has 2 bridgehead atoms. The molecule has 4 aliphatic rings. The molecule has 2 aromatic rings. The summed E-state index contributed by atoms with van der Waals surface area (Å²) in [5.74, 6) is -0.601. The molecule has 0 spiro atoms. The number of amides is 2. The number of fused-ring (bicyclic) bond motifs is 8. The summed E-state index contributed by atoms with van der Waals surface area (Å²) in [6.45, 7) is 2.05. The average Bonchev–Trinajstić information content (AvgIpc) is 3.44. The first kappa shape index (κ1) is 17.2. The summed E-state index contributed by atoms with van der Waals surface area (Å²) >= 11 is 5.97. The number of benzene rings is 2. The molecule has 0 radical (unpaired) electrons. The Balaban J connectivity index is 1.35. The summed E-state index contributed by atoms with van der Waals surface area (Å²) < 4.78 is 0. The van der Waals surface area contributed by atoms with Gasteiger partial charge in [-0.25, -0.2) is 0 Å². The van der Waals surface area contributed by atoms with E-state index in [1.165, 1.54) is 10.5 Å². The van der Waals surface area contributed by atoms with Gasteiger partial charge in [0.1, 0.15) is 6.10 Å². The monoisotopic (exact) mass is 406 g/mol. The third kappa shape index (κ3) is 2.25. The lowest BCUT2D eigenvalue weighted by Crippen LogP contribution is -2.41. The largest absolute Gasteiger partial charge is 0.391 e. The number of carbonyl (C=O) groups excluding carboxylic acids is 2. The van der Waals surface area contributed by atoms with E-state index >= 15 is 0 Å². The summed E-state index contributed by atoms with van der Waals surface area (Å²) in [6, 6.07) is 15.1. The van der Waals surface area contributed by atoms with Crippen molar-refractivity contribution in [2.24, 2.45) is 34.7 Å². The van der Waals surface area contributed by atoms with Gasteiger partial charge >= 0.3 is 0 Å². The molecular weight excluding hydrogens is 388 g/mol. The van der Waals surface area contributed by atoms with Crippen LogP contribution in [0.25, 0.3) is 0 Å². The molecule has 0 aromatic heterocycles. The Labute approximate surface area is 173 Å². The van der Waals surface area contributed by atoms with Gasteiger partial charge in [-0.05, 0) is 49.1 Å². The number of carbonyl (C=O) groups is 2. The molecular formula is C23H19ClN2O3. The fourth-order valence-corrected chi connectivity index (χ4v) is 6.06. The van der Waals surface area contributed by atoms with Crippen molar-refractivity contribution in [1.82, 2.24) is 0 Å². The molecule has 2 amide bonds. The van der Waals surface area contributed by atoms with E-state index in [4.69, 9.17) is 16.4 Å². The van der Waals surface area contributed by atoms with Crippen LogP contribution in [0.3, 0.4) is 0 Å². The highest BCUT2D eigenvalue weighted by atomic mass is 35.5. The molecule has 6 rings (SSSR count). The predicted octanol–water partition coefficient (Wildman–Crippen LogP) is 3.82. The maximum Gasteiger partial charge on any atom is 0.238 e. The highest BCUT2D eigenvalue weighted by molar-refractivity contribution is 6.31. The maximum absolute atomic E-state index is 13.3. The van der Waals surface area contributed by atoms with Gasteiger partial charge in [0, 0.05) is 16.9 Å². The Bertz CT molecular complexity index is 1060. The van der Waals surface area contributed by atoms with Crippen LogP contribution in [0, 0.1) is 36.5 Å². The fraction of sp³-hybridized carbons (Fsp3) is 0.348. The Morgan fingerprint density at radius 3 is 2.28 bits per heavy atom. The topological polar surface area (TPSA) is 59.0 Å². The van der Waals surface area contributed by atoms with E-state index in [9.17, 15) is 9.59 Å². The molecule has 6 heteroatoms. The van der Waals surface area contributed by atoms with Crippen molar-refractivity contribution in [3.8, 4) is 0 Å². The van der Waals surface area contributed by atoms with Crippen LogP contribution in [0.1, 0.15) is 17.5 Å². The SMILES string of the molecule is Cc1ccc(C2=NO[C@@H]3[C@H]4C[C@@H]([C@H]23)[C@@H]2C(=O)N(c3ccc(Cl)cc3)C(=O)[C@@H]42)cc1. The number of halogens is 1. The van der Waals surface area contributed by atoms with E-state index in [0.29, 0.717) is 10.7 Å².